The Bertz CT molecular complexity index is 1390. The van der Waals surface area contributed by atoms with Crippen LogP contribution in [0.2, 0.25) is 0 Å². The highest BCUT2D eigenvalue weighted by atomic mass is 19.4. The number of fused-ring (bicyclic) bond motifs is 1. The van der Waals surface area contributed by atoms with Gasteiger partial charge in [-0.05, 0) is 67.6 Å². The van der Waals surface area contributed by atoms with E-state index in [-0.39, 0.29) is 5.69 Å². The first kappa shape index (κ1) is 24.6. The summed E-state index contributed by atoms with van der Waals surface area (Å²) in [7, 11) is 3.12. The molecule has 0 saturated carbocycles. The van der Waals surface area contributed by atoms with E-state index in [1.54, 1.807) is 44.6 Å². The molecule has 36 heavy (non-hydrogen) atoms. The van der Waals surface area contributed by atoms with Gasteiger partial charge >= 0.3 is 12.2 Å². The summed E-state index contributed by atoms with van der Waals surface area (Å²) in [6.07, 6.45) is -4.44. The normalized spacial score (nSPS) is 11.2. The molecular formula is C26H22F3N3O4. The molecule has 186 valence electrons. The number of hydrogen-bond acceptors (Lipinski definition) is 5. The highest BCUT2D eigenvalue weighted by molar-refractivity contribution is 5.99. The maximum absolute atomic E-state index is 12.7. The van der Waals surface area contributed by atoms with Crippen LogP contribution in [0.3, 0.4) is 0 Å². The summed E-state index contributed by atoms with van der Waals surface area (Å²) < 4.78 is 54.7. The van der Waals surface area contributed by atoms with Crippen molar-refractivity contribution in [3.05, 3.63) is 78.0 Å². The molecule has 0 radical (unpaired) electrons. The fourth-order valence-corrected chi connectivity index (χ4v) is 3.45. The Labute approximate surface area is 204 Å². The SMILES string of the molecule is COc1cc2cc(Oc3ccc(NC(=O)Nc4ccc(C(F)(F)F)cc4)cc3)c(C)nc2cc1OC. The zero-order valence-electron chi connectivity index (χ0n) is 19.6. The van der Waals surface area contributed by atoms with Gasteiger partial charge in [0.2, 0.25) is 0 Å². The van der Waals surface area contributed by atoms with Gasteiger partial charge in [-0.2, -0.15) is 13.2 Å². The van der Waals surface area contributed by atoms with Gasteiger partial charge in [0.05, 0.1) is 31.0 Å². The van der Waals surface area contributed by atoms with E-state index in [9.17, 15) is 18.0 Å². The molecule has 0 aliphatic carbocycles. The minimum Gasteiger partial charge on any atom is -0.493 e. The number of anilines is 2. The molecule has 0 fully saturated rings. The number of hydrogen-bond donors (Lipinski definition) is 2. The van der Waals surface area contributed by atoms with Gasteiger partial charge < -0.3 is 24.8 Å². The summed E-state index contributed by atoms with van der Waals surface area (Å²) in [5.74, 6) is 2.23. The standard InChI is InChI=1S/C26H22F3N3O4/c1-15-22(12-16-13-23(34-2)24(35-3)14-21(16)30-15)36-20-10-8-19(9-11-20)32-25(33)31-18-6-4-17(5-7-18)26(27,28)29/h4-14H,1-3H3,(H2,31,32,33). The average Bonchev–Trinajstić information content (AvgIpc) is 2.84. The zero-order valence-corrected chi connectivity index (χ0v) is 19.6. The van der Waals surface area contributed by atoms with E-state index in [2.05, 4.69) is 15.6 Å². The van der Waals surface area contributed by atoms with E-state index < -0.39 is 17.8 Å². The fourth-order valence-electron chi connectivity index (χ4n) is 3.45. The van der Waals surface area contributed by atoms with Crippen molar-refractivity contribution in [2.75, 3.05) is 24.9 Å². The molecule has 2 amide bonds. The van der Waals surface area contributed by atoms with Crippen LogP contribution in [0.25, 0.3) is 10.9 Å². The first-order valence-corrected chi connectivity index (χ1v) is 10.7. The van der Waals surface area contributed by atoms with Crippen molar-refractivity contribution in [3.63, 3.8) is 0 Å². The fraction of sp³-hybridized carbons (Fsp3) is 0.154. The summed E-state index contributed by atoms with van der Waals surface area (Å²) in [6, 6.07) is 15.7. The quantitative estimate of drug-likeness (QED) is 0.299. The number of halogens is 3. The number of ether oxygens (including phenoxy) is 3. The van der Waals surface area contributed by atoms with Crippen LogP contribution in [-0.2, 0) is 6.18 Å². The number of aryl methyl sites for hydroxylation is 1. The average molecular weight is 497 g/mol. The van der Waals surface area contributed by atoms with Crippen molar-refractivity contribution in [1.82, 2.24) is 4.98 Å². The molecule has 0 saturated heterocycles. The summed E-state index contributed by atoms with van der Waals surface area (Å²) in [4.78, 5) is 16.8. The van der Waals surface area contributed by atoms with Crippen LogP contribution in [0.5, 0.6) is 23.0 Å². The smallest absolute Gasteiger partial charge is 0.416 e. The van der Waals surface area contributed by atoms with Gasteiger partial charge in [0, 0.05) is 22.8 Å². The Hall–Kier alpha value is -4.47. The van der Waals surface area contributed by atoms with Gasteiger partial charge in [0.25, 0.3) is 0 Å². The van der Waals surface area contributed by atoms with Gasteiger partial charge in [0.15, 0.2) is 11.5 Å². The molecule has 0 aliphatic heterocycles. The number of benzene rings is 3. The Morgan fingerprint density at radius 3 is 1.89 bits per heavy atom. The predicted octanol–water partition coefficient (Wildman–Crippen LogP) is 7.02. The van der Waals surface area contributed by atoms with Crippen LogP contribution in [0.15, 0.2) is 66.7 Å². The molecule has 1 heterocycles. The molecule has 2 N–H and O–H groups in total. The van der Waals surface area contributed by atoms with Crippen LogP contribution < -0.4 is 24.8 Å². The van der Waals surface area contributed by atoms with Crippen LogP contribution >= 0.6 is 0 Å². The van der Waals surface area contributed by atoms with Crippen molar-refractivity contribution in [3.8, 4) is 23.0 Å². The van der Waals surface area contributed by atoms with Crippen molar-refractivity contribution in [2.24, 2.45) is 0 Å². The third kappa shape index (κ3) is 5.60. The Kier molecular flexibility index (Phi) is 6.86. The lowest BCUT2D eigenvalue weighted by molar-refractivity contribution is -0.137. The van der Waals surface area contributed by atoms with E-state index in [1.165, 1.54) is 12.1 Å². The van der Waals surface area contributed by atoms with Crippen molar-refractivity contribution in [1.29, 1.82) is 0 Å². The molecule has 4 aromatic rings. The highest BCUT2D eigenvalue weighted by Gasteiger charge is 2.30. The Morgan fingerprint density at radius 2 is 1.33 bits per heavy atom. The monoisotopic (exact) mass is 497 g/mol. The number of alkyl halides is 3. The summed E-state index contributed by atoms with van der Waals surface area (Å²) in [5.41, 5.74) is 1.31. The molecule has 0 aliphatic rings. The number of carbonyl (C=O) groups excluding carboxylic acids is 1. The number of pyridine rings is 1. The van der Waals surface area contributed by atoms with E-state index in [1.807, 2.05) is 19.1 Å². The second-order valence-corrected chi connectivity index (χ2v) is 7.75. The summed E-state index contributed by atoms with van der Waals surface area (Å²) in [5, 5.41) is 5.92. The third-order valence-corrected chi connectivity index (χ3v) is 5.27. The zero-order chi connectivity index (χ0) is 25.9. The number of methoxy groups -OCH3 is 2. The number of aromatic nitrogens is 1. The summed E-state index contributed by atoms with van der Waals surface area (Å²) in [6.45, 7) is 1.83. The topological polar surface area (TPSA) is 81.7 Å². The number of nitrogens with one attached hydrogen (secondary N) is 2. The molecule has 7 nitrogen and oxygen atoms in total. The van der Waals surface area contributed by atoms with Gasteiger partial charge in [0.1, 0.15) is 11.5 Å². The minimum atomic E-state index is -4.44. The Balaban J connectivity index is 1.42. The molecule has 0 bridgehead atoms. The van der Waals surface area contributed by atoms with Gasteiger partial charge in [-0.25, -0.2) is 9.78 Å². The number of nitrogens with zero attached hydrogens (tertiary/aromatic N) is 1. The molecule has 0 spiro atoms. The molecular weight excluding hydrogens is 475 g/mol. The van der Waals surface area contributed by atoms with E-state index in [4.69, 9.17) is 14.2 Å². The first-order chi connectivity index (χ1) is 17.2. The number of carbonyl (C=O) groups is 1. The predicted molar refractivity (Wildman–Crippen MR) is 130 cm³/mol. The molecule has 3 aromatic carbocycles. The maximum atomic E-state index is 12.7. The van der Waals surface area contributed by atoms with Crippen LogP contribution in [0.1, 0.15) is 11.3 Å². The lowest BCUT2D eigenvalue weighted by atomic mass is 10.1. The van der Waals surface area contributed by atoms with E-state index in [0.717, 1.165) is 23.0 Å². The van der Waals surface area contributed by atoms with Crippen molar-refractivity contribution < 1.29 is 32.2 Å². The van der Waals surface area contributed by atoms with Gasteiger partial charge in [-0.15, -0.1) is 0 Å². The number of rotatable bonds is 6. The first-order valence-electron chi connectivity index (χ1n) is 10.7. The Morgan fingerprint density at radius 1 is 0.806 bits per heavy atom. The highest BCUT2D eigenvalue weighted by Crippen LogP contribution is 2.35. The van der Waals surface area contributed by atoms with E-state index >= 15 is 0 Å². The third-order valence-electron chi connectivity index (χ3n) is 5.27. The lowest BCUT2D eigenvalue weighted by Gasteiger charge is -2.13. The number of urea groups is 1. The second-order valence-electron chi connectivity index (χ2n) is 7.75. The van der Waals surface area contributed by atoms with Crippen LogP contribution in [0, 0.1) is 6.92 Å². The molecule has 10 heteroatoms. The maximum Gasteiger partial charge on any atom is 0.416 e. The summed E-state index contributed by atoms with van der Waals surface area (Å²) >= 11 is 0. The molecule has 0 atom stereocenters. The van der Waals surface area contributed by atoms with Crippen LogP contribution in [-0.4, -0.2) is 25.2 Å². The molecule has 4 rings (SSSR count). The lowest BCUT2D eigenvalue weighted by Crippen LogP contribution is -2.19. The van der Waals surface area contributed by atoms with E-state index in [0.29, 0.717) is 34.4 Å². The minimum absolute atomic E-state index is 0.231. The van der Waals surface area contributed by atoms with Crippen molar-refractivity contribution in [2.45, 2.75) is 13.1 Å². The van der Waals surface area contributed by atoms with Crippen molar-refractivity contribution >= 4 is 28.3 Å². The molecule has 0 unspecified atom stereocenters. The van der Waals surface area contributed by atoms with Crippen LogP contribution in [0.4, 0.5) is 29.3 Å². The second kappa shape index (κ2) is 10.0. The number of amides is 2. The molecule has 1 aromatic heterocycles. The van der Waals surface area contributed by atoms with Gasteiger partial charge in [-0.3, -0.25) is 0 Å². The van der Waals surface area contributed by atoms with Gasteiger partial charge in [-0.1, -0.05) is 0 Å². The largest absolute Gasteiger partial charge is 0.493 e.